The number of amides is 2. The molecule has 1 aliphatic rings. The van der Waals surface area contributed by atoms with Crippen molar-refractivity contribution in [1.29, 1.82) is 0 Å². The van der Waals surface area contributed by atoms with Gasteiger partial charge in [-0.3, -0.25) is 14.5 Å². The summed E-state index contributed by atoms with van der Waals surface area (Å²) in [5.74, 6) is 0.947. The molecule has 2 amide bonds. The number of likely N-dealkylation sites (tertiary alicyclic amines) is 1. The maximum atomic E-state index is 12.3. The van der Waals surface area contributed by atoms with Gasteiger partial charge in [0.15, 0.2) is 0 Å². The Morgan fingerprint density at radius 2 is 2.12 bits per heavy atom. The molecule has 0 spiro atoms. The number of aromatic nitrogens is 1. The van der Waals surface area contributed by atoms with Gasteiger partial charge >= 0.3 is 0 Å². The quantitative estimate of drug-likeness (QED) is 0.773. The number of likely N-dealkylation sites (N-methyl/N-ethyl adjacent to an activating group) is 1. The van der Waals surface area contributed by atoms with Gasteiger partial charge in [-0.25, -0.2) is 4.98 Å². The summed E-state index contributed by atoms with van der Waals surface area (Å²) in [7, 11) is 1.65. The van der Waals surface area contributed by atoms with Crippen molar-refractivity contribution in [3.63, 3.8) is 0 Å². The minimum absolute atomic E-state index is 0.0187. The third-order valence-electron chi connectivity index (χ3n) is 4.71. The Labute approximate surface area is 148 Å². The van der Waals surface area contributed by atoms with Gasteiger partial charge < -0.3 is 10.6 Å². The topological polar surface area (TPSA) is 74.3 Å². The molecular weight excluding hydrogens is 324 g/mol. The summed E-state index contributed by atoms with van der Waals surface area (Å²) < 4.78 is 0. The zero-order valence-electron chi connectivity index (χ0n) is 15.0. The van der Waals surface area contributed by atoms with Gasteiger partial charge in [-0.1, -0.05) is 13.8 Å². The molecule has 0 radical (unpaired) electrons. The van der Waals surface area contributed by atoms with Crippen molar-refractivity contribution in [1.82, 2.24) is 20.5 Å². The Balaban J connectivity index is 1.87. The number of rotatable bonds is 7. The predicted molar refractivity (Wildman–Crippen MR) is 95.9 cm³/mol. The molecule has 6 nitrogen and oxygen atoms in total. The second-order valence-corrected chi connectivity index (χ2v) is 7.75. The largest absolute Gasteiger partial charge is 0.358 e. The van der Waals surface area contributed by atoms with Crippen LogP contribution in [0.25, 0.3) is 0 Å². The van der Waals surface area contributed by atoms with Crippen molar-refractivity contribution < 1.29 is 9.59 Å². The van der Waals surface area contributed by atoms with Gasteiger partial charge in [0.1, 0.15) is 0 Å². The first-order valence-electron chi connectivity index (χ1n) is 8.52. The summed E-state index contributed by atoms with van der Waals surface area (Å²) in [4.78, 5) is 31.5. The van der Waals surface area contributed by atoms with Crippen LogP contribution < -0.4 is 10.6 Å². The first-order chi connectivity index (χ1) is 11.4. The van der Waals surface area contributed by atoms with Crippen molar-refractivity contribution in [2.75, 3.05) is 26.7 Å². The maximum Gasteiger partial charge on any atom is 0.233 e. The van der Waals surface area contributed by atoms with Crippen LogP contribution in [0.4, 0.5) is 0 Å². The van der Waals surface area contributed by atoms with Gasteiger partial charge in [0.25, 0.3) is 0 Å². The van der Waals surface area contributed by atoms with Gasteiger partial charge in [0.2, 0.25) is 11.8 Å². The van der Waals surface area contributed by atoms with Crippen molar-refractivity contribution in [3.05, 3.63) is 16.1 Å². The zero-order valence-corrected chi connectivity index (χ0v) is 15.8. The summed E-state index contributed by atoms with van der Waals surface area (Å²) in [5.41, 5.74) is 2.84. The predicted octanol–water partition coefficient (Wildman–Crippen LogP) is 1.20. The van der Waals surface area contributed by atoms with Crippen molar-refractivity contribution in [2.24, 2.45) is 11.8 Å². The molecule has 0 unspecified atom stereocenters. The van der Waals surface area contributed by atoms with Crippen molar-refractivity contribution >= 4 is 23.2 Å². The molecule has 7 heteroatoms. The smallest absolute Gasteiger partial charge is 0.233 e. The van der Waals surface area contributed by atoms with E-state index in [9.17, 15) is 9.59 Å². The van der Waals surface area contributed by atoms with E-state index >= 15 is 0 Å². The zero-order chi connectivity index (χ0) is 17.7. The van der Waals surface area contributed by atoms with Crippen LogP contribution in [0.5, 0.6) is 0 Å². The molecule has 2 rings (SSSR count). The average Bonchev–Trinajstić information content (AvgIpc) is 3.11. The van der Waals surface area contributed by atoms with E-state index in [4.69, 9.17) is 0 Å². The fourth-order valence-electron chi connectivity index (χ4n) is 3.22. The van der Waals surface area contributed by atoms with E-state index in [1.165, 1.54) is 4.88 Å². The molecule has 2 N–H and O–H groups in total. The molecule has 1 aliphatic heterocycles. The lowest BCUT2D eigenvalue weighted by atomic mass is 9.91. The minimum Gasteiger partial charge on any atom is -0.358 e. The fraction of sp³-hybridized carbons (Fsp3) is 0.706. The lowest BCUT2D eigenvalue weighted by molar-refractivity contribution is -0.122. The Hall–Kier alpha value is -1.47. The van der Waals surface area contributed by atoms with Gasteiger partial charge in [-0.15, -0.1) is 11.3 Å². The lowest BCUT2D eigenvalue weighted by Gasteiger charge is -2.23. The van der Waals surface area contributed by atoms with Crippen molar-refractivity contribution in [3.8, 4) is 0 Å². The molecule has 0 aromatic carbocycles. The van der Waals surface area contributed by atoms with Crippen LogP contribution in [-0.2, 0) is 16.0 Å². The molecule has 0 bridgehead atoms. The van der Waals surface area contributed by atoms with Crippen LogP contribution in [0.1, 0.15) is 30.8 Å². The number of carbonyl (C=O) groups is 2. The number of hydrogen-bond donors (Lipinski definition) is 2. The van der Waals surface area contributed by atoms with Crippen LogP contribution in [-0.4, -0.2) is 54.4 Å². The van der Waals surface area contributed by atoms with Crippen molar-refractivity contribution in [2.45, 2.75) is 39.7 Å². The molecular formula is C17H28N4O2S. The summed E-state index contributed by atoms with van der Waals surface area (Å²) in [6.45, 7) is 8.31. The summed E-state index contributed by atoms with van der Waals surface area (Å²) in [6, 6.07) is 0.115. The monoisotopic (exact) mass is 352 g/mol. The third kappa shape index (κ3) is 5.01. The molecule has 1 fully saturated rings. The van der Waals surface area contributed by atoms with Gasteiger partial charge in [0, 0.05) is 37.5 Å². The number of thiazole rings is 1. The molecule has 0 saturated carbocycles. The van der Waals surface area contributed by atoms with E-state index in [1.54, 1.807) is 18.4 Å². The minimum atomic E-state index is 0.0187. The SMILES string of the molecule is CNC(=O)CN1C[C@H](NC(=O)CCc2scnc2C)[C@@H](C(C)C)C1. The Bertz CT molecular complexity index is 573. The Morgan fingerprint density at radius 3 is 2.71 bits per heavy atom. The fourth-order valence-corrected chi connectivity index (χ4v) is 4.01. The van der Waals surface area contributed by atoms with E-state index in [-0.39, 0.29) is 17.9 Å². The van der Waals surface area contributed by atoms with E-state index in [1.807, 2.05) is 12.4 Å². The number of carbonyl (C=O) groups excluding carboxylic acids is 2. The standard InChI is InChI=1S/C17H28N4O2S/c1-11(2)13-7-21(9-17(23)18-4)8-14(13)20-16(22)6-5-15-12(3)19-10-24-15/h10-11,13-14H,5-9H2,1-4H3,(H,18,23)(H,20,22)/t13-,14+/m1/s1. The van der Waals surface area contributed by atoms with Gasteiger partial charge in [-0.2, -0.15) is 0 Å². The second kappa shape index (κ2) is 8.58. The molecule has 2 heterocycles. The highest BCUT2D eigenvalue weighted by Crippen LogP contribution is 2.24. The normalized spacial score (nSPS) is 21.2. The van der Waals surface area contributed by atoms with Crippen LogP contribution in [0.3, 0.4) is 0 Å². The van der Waals surface area contributed by atoms with Crippen LogP contribution >= 0.6 is 11.3 Å². The van der Waals surface area contributed by atoms with E-state index < -0.39 is 0 Å². The van der Waals surface area contributed by atoms with Gasteiger partial charge in [0.05, 0.1) is 17.7 Å². The van der Waals surface area contributed by atoms with E-state index in [2.05, 4.69) is 34.4 Å². The highest BCUT2D eigenvalue weighted by Gasteiger charge is 2.35. The third-order valence-corrected chi connectivity index (χ3v) is 5.71. The highest BCUT2D eigenvalue weighted by molar-refractivity contribution is 7.09. The first-order valence-corrected chi connectivity index (χ1v) is 9.40. The lowest BCUT2D eigenvalue weighted by Crippen LogP contribution is -2.42. The summed E-state index contributed by atoms with van der Waals surface area (Å²) in [5, 5.41) is 5.85. The molecule has 134 valence electrons. The second-order valence-electron chi connectivity index (χ2n) is 6.81. The van der Waals surface area contributed by atoms with E-state index in [0.29, 0.717) is 24.8 Å². The molecule has 1 aromatic heterocycles. The number of nitrogens with zero attached hydrogens (tertiary/aromatic N) is 2. The van der Waals surface area contributed by atoms with Gasteiger partial charge in [-0.05, 0) is 25.2 Å². The molecule has 1 aromatic rings. The molecule has 2 atom stereocenters. The number of hydrogen-bond acceptors (Lipinski definition) is 5. The Kier molecular flexibility index (Phi) is 6.74. The van der Waals surface area contributed by atoms with Crippen LogP contribution in [0, 0.1) is 18.8 Å². The van der Waals surface area contributed by atoms with E-state index in [0.717, 1.165) is 25.2 Å². The number of aryl methyl sites for hydroxylation is 2. The maximum absolute atomic E-state index is 12.3. The van der Waals surface area contributed by atoms with Crippen LogP contribution in [0.15, 0.2) is 5.51 Å². The Morgan fingerprint density at radius 1 is 1.38 bits per heavy atom. The van der Waals surface area contributed by atoms with Crippen LogP contribution in [0.2, 0.25) is 0 Å². The first kappa shape index (κ1) is 18.9. The highest BCUT2D eigenvalue weighted by atomic mass is 32.1. The molecule has 1 saturated heterocycles. The number of nitrogens with one attached hydrogen (secondary N) is 2. The summed E-state index contributed by atoms with van der Waals surface area (Å²) >= 11 is 1.61. The molecule has 0 aliphatic carbocycles. The average molecular weight is 353 g/mol. The molecule has 24 heavy (non-hydrogen) atoms. The summed E-state index contributed by atoms with van der Waals surface area (Å²) in [6.07, 6.45) is 1.23.